The zero-order valence-electron chi connectivity index (χ0n) is 12.7. The smallest absolute Gasteiger partial charge is 0.252 e. The first kappa shape index (κ1) is 13.8. The van der Waals surface area contributed by atoms with E-state index in [2.05, 4.69) is 35.1 Å². The largest absolute Gasteiger partial charge is 0.351 e. The number of aromatic nitrogens is 7. The van der Waals surface area contributed by atoms with Crippen LogP contribution in [0.3, 0.4) is 0 Å². The lowest BCUT2D eigenvalue weighted by molar-refractivity contribution is -0.121. The molecule has 3 aromatic heterocycles. The Morgan fingerprint density at radius 1 is 1.43 bits per heavy atom. The summed E-state index contributed by atoms with van der Waals surface area (Å²) in [6.07, 6.45) is 5.24. The van der Waals surface area contributed by atoms with Crippen molar-refractivity contribution in [1.82, 2.24) is 39.7 Å². The number of hydrogen-bond donors (Lipinski definition) is 1. The van der Waals surface area contributed by atoms with Crippen LogP contribution in [0.1, 0.15) is 23.9 Å². The summed E-state index contributed by atoms with van der Waals surface area (Å²) in [6, 6.07) is 1.85. The molecule has 4 heterocycles. The standard InChI is InChI=1S/C14H16N8O/c1-9-18-19-12-4-3-10(8-21(9)12)16-13(23)7-11-17-14-15-5-2-6-22(14)20-11/h2,5-6,10H,3-4,7-8H2,1H3,(H,16,23). The average Bonchev–Trinajstić information content (AvgIpc) is 3.10. The molecule has 3 aromatic rings. The van der Waals surface area contributed by atoms with E-state index in [0.29, 0.717) is 18.1 Å². The minimum absolute atomic E-state index is 0.0832. The molecule has 1 atom stereocenters. The normalized spacial score (nSPS) is 17.2. The minimum atomic E-state index is -0.0833. The van der Waals surface area contributed by atoms with Crippen molar-refractivity contribution in [3.63, 3.8) is 0 Å². The van der Waals surface area contributed by atoms with E-state index in [9.17, 15) is 4.79 Å². The highest BCUT2D eigenvalue weighted by atomic mass is 16.1. The molecule has 9 nitrogen and oxygen atoms in total. The van der Waals surface area contributed by atoms with Gasteiger partial charge in [0.15, 0.2) is 5.82 Å². The van der Waals surface area contributed by atoms with Crippen LogP contribution in [0.15, 0.2) is 18.5 Å². The Balaban J connectivity index is 1.41. The summed E-state index contributed by atoms with van der Waals surface area (Å²) in [7, 11) is 0. The monoisotopic (exact) mass is 312 g/mol. The van der Waals surface area contributed by atoms with Crippen molar-refractivity contribution in [2.45, 2.75) is 38.8 Å². The van der Waals surface area contributed by atoms with Crippen molar-refractivity contribution >= 4 is 11.7 Å². The summed E-state index contributed by atoms with van der Waals surface area (Å²) in [4.78, 5) is 20.6. The van der Waals surface area contributed by atoms with Gasteiger partial charge in [-0.1, -0.05) is 0 Å². The molecule has 0 bridgehead atoms. The number of fused-ring (bicyclic) bond motifs is 2. The van der Waals surface area contributed by atoms with Crippen LogP contribution >= 0.6 is 0 Å². The Bertz CT molecular complexity index is 834. The number of amides is 1. The highest BCUT2D eigenvalue weighted by Crippen LogP contribution is 2.14. The first-order valence-corrected chi connectivity index (χ1v) is 7.53. The van der Waals surface area contributed by atoms with Crippen molar-refractivity contribution in [3.05, 3.63) is 35.9 Å². The molecule has 1 amide bonds. The number of carbonyl (C=O) groups is 1. The van der Waals surface area contributed by atoms with Gasteiger partial charge in [-0.25, -0.2) is 9.50 Å². The Morgan fingerprint density at radius 2 is 2.35 bits per heavy atom. The number of hydrogen-bond acceptors (Lipinski definition) is 6. The van der Waals surface area contributed by atoms with Crippen LogP contribution in [-0.2, 0) is 24.2 Å². The summed E-state index contributed by atoms with van der Waals surface area (Å²) in [5, 5.41) is 15.5. The highest BCUT2D eigenvalue weighted by molar-refractivity contribution is 5.78. The molecule has 0 fully saturated rings. The molecule has 0 spiro atoms. The number of nitrogens with zero attached hydrogens (tertiary/aromatic N) is 7. The van der Waals surface area contributed by atoms with Gasteiger partial charge in [0, 0.05) is 31.4 Å². The Morgan fingerprint density at radius 3 is 3.22 bits per heavy atom. The van der Waals surface area contributed by atoms with Gasteiger partial charge >= 0.3 is 0 Å². The maximum atomic E-state index is 12.2. The van der Waals surface area contributed by atoms with E-state index in [1.165, 1.54) is 0 Å². The van der Waals surface area contributed by atoms with Gasteiger partial charge in [-0.2, -0.15) is 4.98 Å². The molecule has 1 aliphatic heterocycles. The molecular weight excluding hydrogens is 296 g/mol. The Hall–Kier alpha value is -2.84. The van der Waals surface area contributed by atoms with Gasteiger partial charge in [0.2, 0.25) is 5.91 Å². The molecule has 4 rings (SSSR count). The summed E-state index contributed by atoms with van der Waals surface area (Å²) >= 11 is 0. The molecule has 23 heavy (non-hydrogen) atoms. The fourth-order valence-electron chi connectivity index (χ4n) is 2.85. The van der Waals surface area contributed by atoms with E-state index in [0.717, 1.165) is 24.5 Å². The zero-order valence-corrected chi connectivity index (χ0v) is 12.7. The van der Waals surface area contributed by atoms with E-state index < -0.39 is 0 Å². The fraction of sp³-hybridized carbons (Fsp3) is 0.429. The Labute approximate surface area is 131 Å². The first-order chi connectivity index (χ1) is 11.2. The fourth-order valence-corrected chi connectivity index (χ4v) is 2.85. The summed E-state index contributed by atoms with van der Waals surface area (Å²) in [5.41, 5.74) is 0. The molecule has 0 aliphatic carbocycles. The van der Waals surface area contributed by atoms with Crippen molar-refractivity contribution in [2.75, 3.05) is 0 Å². The van der Waals surface area contributed by atoms with Crippen LogP contribution in [0.4, 0.5) is 0 Å². The third-order valence-corrected chi connectivity index (χ3v) is 3.98. The van der Waals surface area contributed by atoms with Crippen LogP contribution in [0.25, 0.3) is 5.78 Å². The average molecular weight is 312 g/mol. The SMILES string of the molecule is Cc1nnc2n1CC(NC(=O)Cc1nc3ncccn3n1)CC2. The zero-order chi connectivity index (χ0) is 15.8. The molecule has 0 saturated heterocycles. The predicted molar refractivity (Wildman–Crippen MR) is 79.5 cm³/mol. The minimum Gasteiger partial charge on any atom is -0.351 e. The number of nitrogens with one attached hydrogen (secondary N) is 1. The highest BCUT2D eigenvalue weighted by Gasteiger charge is 2.23. The molecule has 0 aromatic carbocycles. The summed E-state index contributed by atoms with van der Waals surface area (Å²) in [6.45, 7) is 2.63. The van der Waals surface area contributed by atoms with E-state index in [1.807, 2.05) is 6.92 Å². The summed E-state index contributed by atoms with van der Waals surface area (Å²) in [5.74, 6) is 2.75. The molecule has 0 radical (unpaired) electrons. The van der Waals surface area contributed by atoms with Gasteiger partial charge in [-0.3, -0.25) is 4.79 Å². The molecule has 0 saturated carbocycles. The lowest BCUT2D eigenvalue weighted by Crippen LogP contribution is -2.42. The molecule has 1 aliphatic rings. The third kappa shape index (κ3) is 2.65. The van der Waals surface area contributed by atoms with Gasteiger partial charge in [0.25, 0.3) is 5.78 Å². The van der Waals surface area contributed by atoms with Crippen LogP contribution < -0.4 is 5.32 Å². The van der Waals surface area contributed by atoms with Gasteiger partial charge in [-0.15, -0.1) is 15.3 Å². The maximum Gasteiger partial charge on any atom is 0.252 e. The number of carbonyl (C=O) groups excluding carboxylic acids is 1. The topological polar surface area (TPSA) is 103 Å². The van der Waals surface area contributed by atoms with E-state index in [4.69, 9.17) is 0 Å². The van der Waals surface area contributed by atoms with Gasteiger partial charge in [0.1, 0.15) is 11.6 Å². The van der Waals surface area contributed by atoms with E-state index in [1.54, 1.807) is 23.0 Å². The van der Waals surface area contributed by atoms with Crippen molar-refractivity contribution in [1.29, 1.82) is 0 Å². The lowest BCUT2D eigenvalue weighted by Gasteiger charge is -2.24. The van der Waals surface area contributed by atoms with Gasteiger partial charge in [-0.05, 0) is 19.4 Å². The Kier molecular flexibility index (Phi) is 3.25. The second-order valence-electron chi connectivity index (χ2n) is 5.65. The van der Waals surface area contributed by atoms with Crippen LogP contribution in [0.2, 0.25) is 0 Å². The van der Waals surface area contributed by atoms with Crippen molar-refractivity contribution in [3.8, 4) is 0 Å². The third-order valence-electron chi connectivity index (χ3n) is 3.98. The molecule has 9 heteroatoms. The first-order valence-electron chi connectivity index (χ1n) is 7.53. The second kappa shape index (κ2) is 5.41. The second-order valence-corrected chi connectivity index (χ2v) is 5.65. The maximum absolute atomic E-state index is 12.2. The molecule has 1 unspecified atom stereocenters. The van der Waals surface area contributed by atoms with Crippen LogP contribution in [0, 0.1) is 6.92 Å². The van der Waals surface area contributed by atoms with Gasteiger partial charge < -0.3 is 9.88 Å². The molecule has 1 N–H and O–H groups in total. The van der Waals surface area contributed by atoms with Crippen LogP contribution in [0.5, 0.6) is 0 Å². The molecular formula is C14H16N8O. The predicted octanol–water partition coefficient (Wildman–Crippen LogP) is -0.302. The van der Waals surface area contributed by atoms with Crippen molar-refractivity contribution < 1.29 is 4.79 Å². The van der Waals surface area contributed by atoms with Gasteiger partial charge in [0.05, 0.1) is 6.42 Å². The summed E-state index contributed by atoms with van der Waals surface area (Å²) < 4.78 is 3.62. The molecule has 118 valence electrons. The lowest BCUT2D eigenvalue weighted by atomic mass is 10.1. The van der Waals surface area contributed by atoms with Crippen molar-refractivity contribution in [2.24, 2.45) is 0 Å². The quantitative estimate of drug-likeness (QED) is 0.712. The van der Waals surface area contributed by atoms with E-state index >= 15 is 0 Å². The van der Waals surface area contributed by atoms with Crippen LogP contribution in [-0.4, -0.2) is 46.3 Å². The number of aryl methyl sites for hydroxylation is 2. The van der Waals surface area contributed by atoms with E-state index in [-0.39, 0.29) is 18.4 Å². The number of rotatable bonds is 3.